The van der Waals surface area contributed by atoms with Gasteiger partial charge in [0, 0.05) is 48.0 Å². The fraction of sp³-hybridized carbons (Fsp3) is 0.269. The number of anilines is 1. The Hall–Kier alpha value is -3.87. The normalized spacial score (nSPS) is 15.0. The van der Waals surface area contributed by atoms with Gasteiger partial charge in [-0.15, -0.1) is 0 Å². The van der Waals surface area contributed by atoms with Crippen LogP contribution in [0.2, 0.25) is 0 Å². The Labute approximate surface area is 190 Å². The van der Waals surface area contributed by atoms with E-state index >= 15 is 0 Å². The van der Waals surface area contributed by atoms with E-state index in [4.69, 9.17) is 4.42 Å². The molecule has 2 N–H and O–H groups in total. The number of hydrogen-bond acceptors (Lipinski definition) is 5. The van der Waals surface area contributed by atoms with E-state index < -0.39 is 0 Å². The van der Waals surface area contributed by atoms with Crippen molar-refractivity contribution in [2.45, 2.75) is 19.3 Å². The first-order valence-corrected chi connectivity index (χ1v) is 11.5. The first-order chi connectivity index (χ1) is 16.3. The molecule has 0 saturated carbocycles. The van der Waals surface area contributed by atoms with Crippen molar-refractivity contribution in [2.75, 3.05) is 24.5 Å². The van der Waals surface area contributed by atoms with Gasteiger partial charge in [-0.2, -0.15) is 0 Å². The van der Waals surface area contributed by atoms with Crippen molar-refractivity contribution in [3.63, 3.8) is 0 Å². The molecule has 7 nitrogen and oxygen atoms in total. The third-order valence-corrected chi connectivity index (χ3v) is 6.67. The summed E-state index contributed by atoms with van der Waals surface area (Å²) in [5, 5.41) is 5.37. The maximum Gasteiger partial charge on any atom is 0.223 e. The monoisotopic (exact) mass is 439 g/mol. The van der Waals surface area contributed by atoms with Gasteiger partial charge < -0.3 is 19.6 Å². The molecule has 1 aliphatic heterocycles. The van der Waals surface area contributed by atoms with Gasteiger partial charge in [-0.05, 0) is 43.0 Å². The maximum atomic E-state index is 12.8. The number of hydrogen-bond donors (Lipinski definition) is 2. The molecule has 0 unspecified atom stereocenters. The molecule has 0 aliphatic carbocycles. The Kier molecular flexibility index (Phi) is 4.94. The van der Waals surface area contributed by atoms with Gasteiger partial charge in [0.25, 0.3) is 0 Å². The zero-order chi connectivity index (χ0) is 22.2. The number of carbonyl (C=O) groups excluding carboxylic acids is 1. The number of nitrogens with one attached hydrogen (secondary N) is 2. The summed E-state index contributed by atoms with van der Waals surface area (Å²) in [4.78, 5) is 27.2. The molecule has 0 radical (unpaired) electrons. The zero-order valence-corrected chi connectivity index (χ0v) is 18.3. The summed E-state index contributed by atoms with van der Waals surface area (Å²) in [6.07, 6.45) is 6.05. The van der Waals surface area contributed by atoms with Crippen LogP contribution in [-0.2, 0) is 11.2 Å². The van der Waals surface area contributed by atoms with Gasteiger partial charge in [-0.25, -0.2) is 9.97 Å². The molecule has 1 aliphatic rings. The summed E-state index contributed by atoms with van der Waals surface area (Å²) in [6.45, 7) is 2.18. The number of benzene rings is 2. The highest BCUT2D eigenvalue weighted by molar-refractivity contribution is 6.05. The zero-order valence-electron chi connectivity index (χ0n) is 18.3. The van der Waals surface area contributed by atoms with Crippen LogP contribution in [0.4, 0.5) is 5.82 Å². The van der Waals surface area contributed by atoms with Gasteiger partial charge in [0.2, 0.25) is 5.91 Å². The number of amides is 1. The molecule has 6 rings (SSSR count). The second-order valence-electron chi connectivity index (χ2n) is 8.64. The third kappa shape index (κ3) is 3.59. The van der Waals surface area contributed by atoms with E-state index in [9.17, 15) is 4.79 Å². The lowest BCUT2D eigenvalue weighted by Crippen LogP contribution is -2.41. The topological polar surface area (TPSA) is 87.0 Å². The highest BCUT2D eigenvalue weighted by Gasteiger charge is 2.27. The van der Waals surface area contributed by atoms with Gasteiger partial charge in [-0.1, -0.05) is 30.3 Å². The van der Waals surface area contributed by atoms with Gasteiger partial charge in [0.15, 0.2) is 11.4 Å². The SMILES string of the molecule is O=C(NCCc1c[nH]c2ccccc12)C1CCN(c2ncnc3c2oc2ccccc23)CC1. The molecular formula is C26H25N5O2. The lowest BCUT2D eigenvalue weighted by Gasteiger charge is -2.31. The fourth-order valence-corrected chi connectivity index (χ4v) is 4.89. The highest BCUT2D eigenvalue weighted by Crippen LogP contribution is 2.33. The number of furan rings is 1. The molecule has 2 aromatic carbocycles. The Morgan fingerprint density at radius 2 is 1.85 bits per heavy atom. The maximum absolute atomic E-state index is 12.8. The molecule has 33 heavy (non-hydrogen) atoms. The van der Waals surface area contributed by atoms with Crippen LogP contribution in [0.25, 0.3) is 33.0 Å². The van der Waals surface area contributed by atoms with Crippen molar-refractivity contribution in [3.05, 3.63) is 66.6 Å². The first kappa shape index (κ1) is 19.8. The fourth-order valence-electron chi connectivity index (χ4n) is 4.89. The molecule has 5 aromatic rings. The standard InChI is InChI=1S/C26H25N5O2/c32-26(27-12-9-18-15-28-21-7-3-1-5-19(18)21)17-10-13-31(14-11-17)25-24-23(29-16-30-25)20-6-2-4-8-22(20)33-24/h1-8,15-17,28H,9-14H2,(H,27,32). The molecule has 1 amide bonds. The quantitative estimate of drug-likeness (QED) is 0.423. The van der Waals surface area contributed by atoms with Crippen LogP contribution in [0.15, 0.2) is 65.5 Å². The second kappa shape index (κ2) is 8.24. The molecular weight excluding hydrogens is 414 g/mol. The number of nitrogens with zero attached hydrogens (tertiary/aromatic N) is 3. The van der Waals surface area contributed by atoms with E-state index in [1.165, 1.54) is 10.9 Å². The van der Waals surface area contributed by atoms with Crippen LogP contribution < -0.4 is 10.2 Å². The van der Waals surface area contributed by atoms with E-state index in [0.29, 0.717) is 6.54 Å². The number of piperidine rings is 1. The molecule has 0 bridgehead atoms. The Bertz CT molecular complexity index is 1450. The van der Waals surface area contributed by atoms with Crippen molar-refractivity contribution in [1.29, 1.82) is 0 Å². The molecule has 3 aromatic heterocycles. The van der Waals surface area contributed by atoms with Crippen LogP contribution in [0.1, 0.15) is 18.4 Å². The first-order valence-electron chi connectivity index (χ1n) is 11.5. The molecule has 1 saturated heterocycles. The van der Waals surface area contributed by atoms with Gasteiger partial charge in [0.1, 0.15) is 17.4 Å². The molecule has 7 heteroatoms. The second-order valence-corrected chi connectivity index (χ2v) is 8.64. The lowest BCUT2D eigenvalue weighted by atomic mass is 9.95. The number of para-hydroxylation sites is 2. The third-order valence-electron chi connectivity index (χ3n) is 6.67. The summed E-state index contributed by atoms with van der Waals surface area (Å²) in [6, 6.07) is 16.2. The van der Waals surface area contributed by atoms with E-state index in [0.717, 1.165) is 65.8 Å². The summed E-state index contributed by atoms with van der Waals surface area (Å²) in [5.74, 6) is 0.984. The van der Waals surface area contributed by atoms with Crippen LogP contribution in [0.3, 0.4) is 0 Å². The lowest BCUT2D eigenvalue weighted by molar-refractivity contribution is -0.125. The number of rotatable bonds is 5. The Morgan fingerprint density at radius 3 is 2.73 bits per heavy atom. The number of aromatic amines is 1. The predicted octanol–water partition coefficient (Wildman–Crippen LogP) is 4.43. The molecule has 4 heterocycles. The Morgan fingerprint density at radius 1 is 1.06 bits per heavy atom. The summed E-state index contributed by atoms with van der Waals surface area (Å²) < 4.78 is 6.08. The van der Waals surface area contributed by atoms with E-state index in [1.54, 1.807) is 6.33 Å². The number of aromatic nitrogens is 3. The predicted molar refractivity (Wildman–Crippen MR) is 129 cm³/mol. The van der Waals surface area contributed by atoms with Crippen molar-refractivity contribution < 1.29 is 9.21 Å². The molecule has 0 spiro atoms. The minimum absolute atomic E-state index is 0.0252. The van der Waals surface area contributed by atoms with Gasteiger partial charge >= 0.3 is 0 Å². The van der Waals surface area contributed by atoms with Crippen molar-refractivity contribution in [2.24, 2.45) is 5.92 Å². The van der Waals surface area contributed by atoms with Gasteiger partial charge in [0.05, 0.1) is 0 Å². The minimum atomic E-state index is 0.0252. The number of fused-ring (bicyclic) bond motifs is 4. The van der Waals surface area contributed by atoms with Crippen LogP contribution in [0, 0.1) is 5.92 Å². The van der Waals surface area contributed by atoms with Crippen molar-refractivity contribution in [1.82, 2.24) is 20.3 Å². The summed E-state index contributed by atoms with van der Waals surface area (Å²) in [5.41, 5.74) is 4.75. The minimum Gasteiger partial charge on any atom is -0.450 e. The highest BCUT2D eigenvalue weighted by atomic mass is 16.3. The van der Waals surface area contributed by atoms with Crippen molar-refractivity contribution in [3.8, 4) is 0 Å². The van der Waals surface area contributed by atoms with Crippen LogP contribution in [-0.4, -0.2) is 40.5 Å². The Balaban J connectivity index is 1.08. The van der Waals surface area contributed by atoms with Crippen LogP contribution >= 0.6 is 0 Å². The van der Waals surface area contributed by atoms with E-state index in [1.807, 2.05) is 42.6 Å². The summed E-state index contributed by atoms with van der Waals surface area (Å²) in [7, 11) is 0. The largest absolute Gasteiger partial charge is 0.450 e. The average Bonchev–Trinajstić information content (AvgIpc) is 3.45. The molecule has 166 valence electrons. The average molecular weight is 440 g/mol. The summed E-state index contributed by atoms with van der Waals surface area (Å²) >= 11 is 0. The van der Waals surface area contributed by atoms with Gasteiger partial charge in [-0.3, -0.25) is 4.79 Å². The van der Waals surface area contributed by atoms with Crippen LogP contribution in [0.5, 0.6) is 0 Å². The van der Waals surface area contributed by atoms with E-state index in [2.05, 4.69) is 37.3 Å². The smallest absolute Gasteiger partial charge is 0.223 e. The van der Waals surface area contributed by atoms with E-state index in [-0.39, 0.29) is 11.8 Å². The van der Waals surface area contributed by atoms with Crippen molar-refractivity contribution >= 4 is 44.7 Å². The number of H-pyrrole nitrogens is 1. The molecule has 1 fully saturated rings. The number of carbonyl (C=O) groups is 1. The molecule has 0 atom stereocenters.